The van der Waals surface area contributed by atoms with E-state index >= 15 is 0 Å². The van der Waals surface area contributed by atoms with Gasteiger partial charge in [0.1, 0.15) is 5.75 Å². The average Bonchev–Trinajstić information content (AvgIpc) is 3.19. The first-order chi connectivity index (χ1) is 12.8. The van der Waals surface area contributed by atoms with E-state index < -0.39 is 0 Å². The van der Waals surface area contributed by atoms with Gasteiger partial charge in [0.2, 0.25) is 5.82 Å². The first-order valence-electron chi connectivity index (χ1n) is 9.35. The lowest BCUT2D eigenvalue weighted by Crippen LogP contribution is -2.44. The van der Waals surface area contributed by atoms with Crippen LogP contribution in [0.1, 0.15) is 12.8 Å². The number of methoxy groups -OCH3 is 1. The maximum absolute atomic E-state index is 5.56. The van der Waals surface area contributed by atoms with Gasteiger partial charge in [-0.05, 0) is 30.9 Å². The van der Waals surface area contributed by atoms with Gasteiger partial charge in [-0.2, -0.15) is 4.98 Å². The number of piperidine rings is 1. The van der Waals surface area contributed by atoms with Gasteiger partial charge in [-0.3, -0.25) is 4.90 Å². The topological polar surface area (TPSA) is 63.9 Å². The summed E-state index contributed by atoms with van der Waals surface area (Å²) in [6.45, 7) is 6.84. The summed E-state index contributed by atoms with van der Waals surface area (Å²) in [5, 5.41) is 4.17. The molecule has 1 atom stereocenters. The molecule has 2 saturated heterocycles. The highest BCUT2D eigenvalue weighted by molar-refractivity contribution is 5.58. The number of hydrogen-bond acceptors (Lipinski definition) is 7. The minimum atomic E-state index is 0.606. The molecule has 2 aromatic rings. The fourth-order valence-electron chi connectivity index (χ4n) is 3.76. The number of morpholine rings is 1. The van der Waals surface area contributed by atoms with Crippen LogP contribution in [0.25, 0.3) is 11.4 Å². The van der Waals surface area contributed by atoms with Crippen LogP contribution in [-0.2, 0) is 4.74 Å². The number of hydrogen-bond donors (Lipinski definition) is 0. The fourth-order valence-corrected chi connectivity index (χ4v) is 3.76. The predicted molar refractivity (Wildman–Crippen MR) is 98.5 cm³/mol. The molecule has 4 rings (SSSR count). The summed E-state index contributed by atoms with van der Waals surface area (Å²) in [6.07, 6.45) is 2.41. The number of ether oxygens (including phenoxy) is 2. The number of benzene rings is 1. The second kappa shape index (κ2) is 8.05. The first-order valence-corrected chi connectivity index (χ1v) is 9.35. The molecule has 2 aliphatic heterocycles. The summed E-state index contributed by atoms with van der Waals surface area (Å²) in [5.41, 5.74) is 0.904. The molecule has 0 saturated carbocycles. The normalized spacial score (nSPS) is 21.7. The third-order valence-electron chi connectivity index (χ3n) is 5.15. The Hall–Kier alpha value is -2.12. The van der Waals surface area contributed by atoms with Crippen molar-refractivity contribution < 1.29 is 14.0 Å². The van der Waals surface area contributed by atoms with Gasteiger partial charge in [0, 0.05) is 38.3 Å². The lowest BCUT2D eigenvalue weighted by atomic mass is 9.97. The molecule has 26 heavy (non-hydrogen) atoms. The Morgan fingerprint density at radius 3 is 2.96 bits per heavy atom. The number of nitrogens with zero attached hydrogens (tertiary/aromatic N) is 4. The zero-order valence-corrected chi connectivity index (χ0v) is 15.3. The number of rotatable bonds is 5. The van der Waals surface area contributed by atoms with E-state index in [-0.39, 0.29) is 0 Å². The van der Waals surface area contributed by atoms with E-state index in [1.165, 1.54) is 6.42 Å². The maximum Gasteiger partial charge on any atom is 0.324 e. The van der Waals surface area contributed by atoms with Crippen LogP contribution in [0.4, 0.5) is 6.01 Å². The SMILES string of the molecule is COc1cccc(-c2noc(N3CCCC(CN4CCOCC4)C3)n2)c1. The fraction of sp³-hybridized carbons (Fsp3) is 0.579. The quantitative estimate of drug-likeness (QED) is 0.812. The minimum Gasteiger partial charge on any atom is -0.497 e. The molecule has 0 amide bonds. The lowest BCUT2D eigenvalue weighted by molar-refractivity contribution is 0.0295. The van der Waals surface area contributed by atoms with E-state index in [4.69, 9.17) is 14.0 Å². The van der Waals surface area contributed by atoms with Crippen LogP contribution in [0.3, 0.4) is 0 Å². The van der Waals surface area contributed by atoms with Crippen LogP contribution in [-0.4, -0.2) is 68.1 Å². The molecule has 0 N–H and O–H groups in total. The van der Waals surface area contributed by atoms with E-state index in [2.05, 4.69) is 19.9 Å². The van der Waals surface area contributed by atoms with Gasteiger partial charge < -0.3 is 18.9 Å². The van der Waals surface area contributed by atoms with Crippen LogP contribution in [0.5, 0.6) is 5.75 Å². The Morgan fingerprint density at radius 1 is 1.23 bits per heavy atom. The van der Waals surface area contributed by atoms with Gasteiger partial charge in [-0.25, -0.2) is 0 Å². The van der Waals surface area contributed by atoms with Crippen molar-refractivity contribution in [2.45, 2.75) is 12.8 Å². The molecular weight excluding hydrogens is 332 g/mol. The van der Waals surface area contributed by atoms with Crippen LogP contribution in [0.2, 0.25) is 0 Å². The largest absolute Gasteiger partial charge is 0.497 e. The molecule has 7 heteroatoms. The Bertz CT molecular complexity index is 714. The highest BCUT2D eigenvalue weighted by atomic mass is 16.5. The van der Waals surface area contributed by atoms with Gasteiger partial charge in [0.05, 0.1) is 20.3 Å². The van der Waals surface area contributed by atoms with Crippen molar-refractivity contribution in [3.05, 3.63) is 24.3 Å². The first kappa shape index (κ1) is 17.3. The Morgan fingerprint density at radius 2 is 2.12 bits per heavy atom. The summed E-state index contributed by atoms with van der Waals surface area (Å²) in [5.74, 6) is 2.03. The standard InChI is InChI=1S/C19H26N4O3/c1-24-17-6-2-5-16(12-17)18-20-19(26-21-18)23-7-3-4-15(14-23)13-22-8-10-25-11-9-22/h2,5-6,12,15H,3-4,7-11,13-14H2,1H3. The molecule has 0 radical (unpaired) electrons. The Balaban J connectivity index is 1.41. The van der Waals surface area contributed by atoms with Crippen molar-refractivity contribution in [1.82, 2.24) is 15.0 Å². The van der Waals surface area contributed by atoms with Crippen molar-refractivity contribution in [3.8, 4) is 17.1 Å². The van der Waals surface area contributed by atoms with Crippen molar-refractivity contribution >= 4 is 6.01 Å². The average molecular weight is 358 g/mol. The summed E-state index contributed by atoms with van der Waals surface area (Å²) in [4.78, 5) is 9.35. The molecular formula is C19H26N4O3. The molecule has 3 heterocycles. The zero-order valence-electron chi connectivity index (χ0n) is 15.3. The van der Waals surface area contributed by atoms with E-state index in [1.807, 2.05) is 24.3 Å². The Labute approximate surface area is 153 Å². The van der Waals surface area contributed by atoms with Crippen molar-refractivity contribution in [2.24, 2.45) is 5.92 Å². The van der Waals surface area contributed by atoms with Crippen molar-refractivity contribution in [2.75, 3.05) is 57.9 Å². The molecule has 2 fully saturated rings. The zero-order chi connectivity index (χ0) is 17.8. The lowest BCUT2D eigenvalue weighted by Gasteiger charge is -2.35. The van der Waals surface area contributed by atoms with E-state index in [0.717, 1.165) is 63.7 Å². The molecule has 0 spiro atoms. The second-order valence-corrected chi connectivity index (χ2v) is 7.00. The highest BCUT2D eigenvalue weighted by Crippen LogP contribution is 2.26. The Kier molecular flexibility index (Phi) is 5.36. The van der Waals surface area contributed by atoms with E-state index in [9.17, 15) is 0 Å². The second-order valence-electron chi connectivity index (χ2n) is 7.00. The molecule has 0 bridgehead atoms. The molecule has 1 unspecified atom stereocenters. The summed E-state index contributed by atoms with van der Waals surface area (Å²) < 4.78 is 16.3. The maximum atomic E-state index is 5.56. The van der Waals surface area contributed by atoms with Crippen LogP contribution >= 0.6 is 0 Å². The molecule has 2 aliphatic rings. The third-order valence-corrected chi connectivity index (χ3v) is 5.15. The summed E-state index contributed by atoms with van der Waals surface area (Å²) in [6, 6.07) is 8.35. The molecule has 7 nitrogen and oxygen atoms in total. The van der Waals surface area contributed by atoms with Gasteiger partial charge in [0.15, 0.2) is 0 Å². The third kappa shape index (κ3) is 3.99. The molecule has 1 aromatic carbocycles. The van der Waals surface area contributed by atoms with E-state index in [0.29, 0.717) is 17.8 Å². The van der Waals surface area contributed by atoms with Crippen molar-refractivity contribution in [3.63, 3.8) is 0 Å². The van der Waals surface area contributed by atoms with Crippen molar-refractivity contribution in [1.29, 1.82) is 0 Å². The predicted octanol–water partition coefficient (Wildman–Crippen LogP) is 2.29. The minimum absolute atomic E-state index is 0.606. The summed E-state index contributed by atoms with van der Waals surface area (Å²) in [7, 11) is 1.66. The molecule has 140 valence electrons. The monoisotopic (exact) mass is 358 g/mol. The van der Waals surface area contributed by atoms with Gasteiger partial charge in [-0.15, -0.1) is 0 Å². The van der Waals surface area contributed by atoms with Gasteiger partial charge in [0.25, 0.3) is 0 Å². The van der Waals surface area contributed by atoms with Gasteiger partial charge >= 0.3 is 6.01 Å². The number of aromatic nitrogens is 2. The smallest absolute Gasteiger partial charge is 0.324 e. The van der Waals surface area contributed by atoms with Crippen LogP contribution in [0, 0.1) is 5.92 Å². The van der Waals surface area contributed by atoms with Gasteiger partial charge in [-0.1, -0.05) is 17.3 Å². The molecule has 0 aliphatic carbocycles. The van der Waals surface area contributed by atoms with Crippen LogP contribution in [0.15, 0.2) is 28.8 Å². The molecule has 1 aromatic heterocycles. The van der Waals surface area contributed by atoms with E-state index in [1.54, 1.807) is 7.11 Å². The van der Waals surface area contributed by atoms with Crippen LogP contribution < -0.4 is 9.64 Å². The number of anilines is 1. The highest BCUT2D eigenvalue weighted by Gasteiger charge is 2.26. The summed E-state index contributed by atoms with van der Waals surface area (Å²) >= 11 is 0.